The number of hydrogen-bond acceptors (Lipinski definition) is 4. The highest BCUT2D eigenvalue weighted by atomic mass is 16.5. The largest absolute Gasteiger partial charge is 0.394 e. The van der Waals surface area contributed by atoms with Gasteiger partial charge in [-0.15, -0.1) is 0 Å². The van der Waals surface area contributed by atoms with Gasteiger partial charge in [-0.1, -0.05) is 6.92 Å². The summed E-state index contributed by atoms with van der Waals surface area (Å²) < 4.78 is 10.5. The van der Waals surface area contributed by atoms with Crippen LogP contribution in [0.2, 0.25) is 0 Å². The van der Waals surface area contributed by atoms with E-state index in [0.29, 0.717) is 6.61 Å². The average molecular weight is 191 g/mol. The highest BCUT2D eigenvalue weighted by Crippen LogP contribution is 2.04. The summed E-state index contributed by atoms with van der Waals surface area (Å²) in [4.78, 5) is 0. The van der Waals surface area contributed by atoms with Gasteiger partial charge >= 0.3 is 0 Å². The first-order valence-corrected chi connectivity index (χ1v) is 4.67. The van der Waals surface area contributed by atoms with Crippen LogP contribution < -0.4 is 5.73 Å². The molecule has 0 rings (SSSR count). The van der Waals surface area contributed by atoms with Crippen LogP contribution in [-0.2, 0) is 9.47 Å². The monoisotopic (exact) mass is 191 g/mol. The summed E-state index contributed by atoms with van der Waals surface area (Å²) >= 11 is 0. The van der Waals surface area contributed by atoms with E-state index in [9.17, 15) is 0 Å². The van der Waals surface area contributed by atoms with Crippen LogP contribution in [0.25, 0.3) is 0 Å². The van der Waals surface area contributed by atoms with Gasteiger partial charge in [-0.3, -0.25) is 0 Å². The highest BCUT2D eigenvalue weighted by Gasteiger charge is 2.13. The maximum Gasteiger partial charge on any atom is 0.110 e. The third-order valence-corrected chi connectivity index (χ3v) is 1.65. The molecule has 4 nitrogen and oxygen atoms in total. The van der Waals surface area contributed by atoms with Crippen molar-refractivity contribution < 1.29 is 14.6 Å². The topological polar surface area (TPSA) is 64.7 Å². The van der Waals surface area contributed by atoms with E-state index in [-0.39, 0.29) is 31.5 Å². The molecule has 0 aliphatic heterocycles. The number of ether oxygens (including phenoxy) is 2. The molecule has 13 heavy (non-hydrogen) atoms. The molecule has 0 heterocycles. The van der Waals surface area contributed by atoms with Crippen LogP contribution in [-0.4, -0.2) is 37.3 Å². The number of aliphatic hydroxyl groups is 1. The molecule has 0 aliphatic rings. The van der Waals surface area contributed by atoms with Crippen molar-refractivity contribution in [1.82, 2.24) is 0 Å². The molecule has 0 aromatic rings. The predicted octanol–water partition coefficient (Wildman–Crippen LogP) is 0.341. The molecular weight excluding hydrogens is 170 g/mol. The first-order chi connectivity index (χ1) is 6.07. The zero-order valence-corrected chi connectivity index (χ0v) is 8.69. The second-order valence-corrected chi connectivity index (χ2v) is 3.42. The lowest BCUT2D eigenvalue weighted by atomic mass is 10.2. The van der Waals surface area contributed by atoms with Crippen LogP contribution in [0.4, 0.5) is 0 Å². The van der Waals surface area contributed by atoms with Crippen molar-refractivity contribution in [3.8, 4) is 0 Å². The van der Waals surface area contributed by atoms with E-state index in [1.165, 1.54) is 0 Å². The predicted molar refractivity (Wildman–Crippen MR) is 51.3 cm³/mol. The van der Waals surface area contributed by atoms with E-state index >= 15 is 0 Å². The van der Waals surface area contributed by atoms with Crippen LogP contribution in [0.3, 0.4) is 0 Å². The minimum atomic E-state index is -0.356. The normalized spacial score (nSPS) is 16.2. The maximum absolute atomic E-state index is 8.50. The fourth-order valence-corrected chi connectivity index (χ4v) is 0.792. The second kappa shape index (κ2) is 7.26. The van der Waals surface area contributed by atoms with Crippen molar-refractivity contribution >= 4 is 0 Å². The van der Waals surface area contributed by atoms with E-state index in [4.69, 9.17) is 20.3 Å². The van der Waals surface area contributed by atoms with E-state index in [0.717, 1.165) is 0 Å². The lowest BCUT2D eigenvalue weighted by Crippen LogP contribution is -2.35. The molecule has 0 spiro atoms. The van der Waals surface area contributed by atoms with Crippen LogP contribution >= 0.6 is 0 Å². The fraction of sp³-hybridized carbons (Fsp3) is 1.00. The molecule has 0 amide bonds. The summed E-state index contributed by atoms with van der Waals surface area (Å²) in [6, 6.07) is 0. The van der Waals surface area contributed by atoms with Gasteiger partial charge < -0.3 is 20.3 Å². The van der Waals surface area contributed by atoms with Gasteiger partial charge in [-0.2, -0.15) is 0 Å². The Morgan fingerprint density at radius 3 is 2.31 bits per heavy atom. The Morgan fingerprint density at radius 2 is 1.85 bits per heavy atom. The fourth-order valence-electron chi connectivity index (χ4n) is 0.792. The van der Waals surface area contributed by atoms with Crippen LogP contribution in [0.5, 0.6) is 0 Å². The van der Waals surface area contributed by atoms with Crippen LogP contribution in [0.15, 0.2) is 0 Å². The zero-order valence-electron chi connectivity index (χ0n) is 8.69. The first-order valence-electron chi connectivity index (χ1n) is 4.67. The smallest absolute Gasteiger partial charge is 0.110 e. The Balaban J connectivity index is 3.50. The van der Waals surface area contributed by atoms with Gasteiger partial charge in [0.15, 0.2) is 0 Å². The molecule has 3 N–H and O–H groups in total. The maximum atomic E-state index is 8.50. The lowest BCUT2D eigenvalue weighted by Gasteiger charge is -2.20. The Labute approximate surface area is 80.0 Å². The molecule has 2 unspecified atom stereocenters. The van der Waals surface area contributed by atoms with Gasteiger partial charge in [-0.05, 0) is 13.8 Å². The molecule has 0 saturated carbocycles. The van der Waals surface area contributed by atoms with Crippen molar-refractivity contribution in [3.05, 3.63) is 0 Å². The number of rotatable bonds is 7. The molecule has 0 aromatic heterocycles. The van der Waals surface area contributed by atoms with E-state index in [1.54, 1.807) is 0 Å². The van der Waals surface area contributed by atoms with Crippen molar-refractivity contribution in [1.29, 1.82) is 0 Å². The standard InChI is InChI=1S/C9H21NO3/c1-7(2)13-6-8(3)9(10)12-5-4-11/h7-9,11H,4-6,10H2,1-3H3. The van der Waals surface area contributed by atoms with Gasteiger partial charge in [0.2, 0.25) is 0 Å². The zero-order chi connectivity index (χ0) is 10.3. The van der Waals surface area contributed by atoms with Gasteiger partial charge in [0, 0.05) is 5.92 Å². The summed E-state index contributed by atoms with van der Waals surface area (Å²) in [7, 11) is 0. The molecule has 0 fully saturated rings. The minimum absolute atomic E-state index is 0.00541. The highest BCUT2D eigenvalue weighted by molar-refractivity contribution is 4.59. The Bertz CT molecular complexity index is 119. The number of hydrogen-bond donors (Lipinski definition) is 2. The molecule has 0 aliphatic carbocycles. The number of nitrogens with two attached hydrogens (primary N) is 1. The lowest BCUT2D eigenvalue weighted by molar-refractivity contribution is -0.0354. The molecule has 0 bridgehead atoms. The van der Waals surface area contributed by atoms with Crippen LogP contribution in [0.1, 0.15) is 20.8 Å². The molecular formula is C9H21NO3. The molecule has 0 saturated heterocycles. The summed E-state index contributed by atoms with van der Waals surface area (Å²) in [5.41, 5.74) is 5.68. The Morgan fingerprint density at radius 1 is 1.23 bits per heavy atom. The third-order valence-electron chi connectivity index (χ3n) is 1.65. The van der Waals surface area contributed by atoms with Crippen molar-refractivity contribution in [2.45, 2.75) is 33.1 Å². The van der Waals surface area contributed by atoms with Crippen molar-refractivity contribution in [3.63, 3.8) is 0 Å². The number of aliphatic hydroxyl groups excluding tert-OH is 1. The van der Waals surface area contributed by atoms with Crippen LogP contribution in [0, 0.1) is 5.92 Å². The Hall–Kier alpha value is -0.160. The summed E-state index contributed by atoms with van der Waals surface area (Å²) in [5.74, 6) is 0.147. The Kier molecular flexibility index (Phi) is 7.17. The van der Waals surface area contributed by atoms with Crippen molar-refractivity contribution in [2.24, 2.45) is 11.7 Å². The molecule has 4 heteroatoms. The van der Waals surface area contributed by atoms with E-state index in [1.807, 2.05) is 20.8 Å². The molecule has 80 valence electrons. The molecule has 0 radical (unpaired) electrons. The minimum Gasteiger partial charge on any atom is -0.394 e. The second-order valence-electron chi connectivity index (χ2n) is 3.42. The molecule has 0 aromatic carbocycles. The van der Waals surface area contributed by atoms with E-state index < -0.39 is 0 Å². The summed E-state index contributed by atoms with van der Waals surface area (Å²) in [6.45, 7) is 6.80. The third kappa shape index (κ3) is 6.95. The summed E-state index contributed by atoms with van der Waals surface area (Å²) in [6.07, 6.45) is -0.140. The first kappa shape index (κ1) is 12.8. The average Bonchev–Trinajstić information content (AvgIpc) is 2.10. The SMILES string of the molecule is CC(C)OCC(C)C(N)OCCO. The quantitative estimate of drug-likeness (QED) is 0.570. The van der Waals surface area contributed by atoms with Gasteiger partial charge in [0.1, 0.15) is 6.23 Å². The van der Waals surface area contributed by atoms with Gasteiger partial charge in [0.25, 0.3) is 0 Å². The van der Waals surface area contributed by atoms with E-state index in [2.05, 4.69) is 0 Å². The van der Waals surface area contributed by atoms with Crippen molar-refractivity contribution in [2.75, 3.05) is 19.8 Å². The summed E-state index contributed by atoms with van der Waals surface area (Å²) in [5, 5.41) is 8.50. The molecule has 2 atom stereocenters. The van der Waals surface area contributed by atoms with Gasteiger partial charge in [0.05, 0.1) is 25.9 Å². The van der Waals surface area contributed by atoms with Gasteiger partial charge in [-0.25, -0.2) is 0 Å².